The molecule has 0 bridgehead atoms. The van der Waals surface area contributed by atoms with Gasteiger partial charge in [0.15, 0.2) is 0 Å². The quantitative estimate of drug-likeness (QED) is 0.886. The van der Waals surface area contributed by atoms with Gasteiger partial charge in [0.1, 0.15) is 5.75 Å². The van der Waals surface area contributed by atoms with Crippen LogP contribution in [0.5, 0.6) is 5.75 Å². The van der Waals surface area contributed by atoms with E-state index in [-0.39, 0.29) is 6.04 Å². The lowest BCUT2D eigenvalue weighted by Crippen LogP contribution is -2.43. The fourth-order valence-electron chi connectivity index (χ4n) is 3.14. The summed E-state index contributed by atoms with van der Waals surface area (Å²) in [6.45, 7) is 5.71. The molecule has 0 radical (unpaired) electrons. The predicted molar refractivity (Wildman–Crippen MR) is 79.4 cm³/mol. The molecule has 0 aromatic heterocycles. The maximum absolute atomic E-state index is 6.44. The molecule has 1 aliphatic rings. The number of nitrogens with two attached hydrogens (primary N) is 1. The van der Waals surface area contributed by atoms with Gasteiger partial charge in [0.2, 0.25) is 0 Å². The van der Waals surface area contributed by atoms with Crippen molar-refractivity contribution in [1.82, 2.24) is 4.90 Å². The highest BCUT2D eigenvalue weighted by molar-refractivity contribution is 5.29. The van der Waals surface area contributed by atoms with Crippen molar-refractivity contribution in [2.24, 2.45) is 5.73 Å². The summed E-state index contributed by atoms with van der Waals surface area (Å²) in [5.74, 6) is 0.885. The van der Waals surface area contributed by atoms with Crippen molar-refractivity contribution < 1.29 is 4.74 Å². The molecule has 3 unspecified atom stereocenters. The minimum atomic E-state index is 0.0676. The fraction of sp³-hybridized carbons (Fsp3) is 0.625. The monoisotopic (exact) mass is 262 g/mol. The number of benzene rings is 1. The Bertz CT molecular complexity index is 390. The van der Waals surface area contributed by atoms with Crippen LogP contribution in [0.3, 0.4) is 0 Å². The van der Waals surface area contributed by atoms with Gasteiger partial charge in [-0.25, -0.2) is 0 Å². The van der Waals surface area contributed by atoms with E-state index in [9.17, 15) is 0 Å². The van der Waals surface area contributed by atoms with Gasteiger partial charge in [-0.15, -0.1) is 0 Å². The fourth-order valence-corrected chi connectivity index (χ4v) is 3.14. The van der Waals surface area contributed by atoms with E-state index < -0.39 is 0 Å². The standard InChI is InChI=1S/C16H26N2O/c1-4-14-6-5-11-18(14)12(2)16(17)13-7-9-15(19-3)10-8-13/h7-10,12,14,16H,4-6,11,17H2,1-3H3. The highest BCUT2D eigenvalue weighted by Gasteiger charge is 2.30. The Morgan fingerprint density at radius 2 is 2.05 bits per heavy atom. The molecule has 1 heterocycles. The molecule has 106 valence electrons. The van der Waals surface area contributed by atoms with Crippen LogP contribution in [-0.4, -0.2) is 30.6 Å². The molecule has 2 N–H and O–H groups in total. The second-order valence-electron chi connectivity index (χ2n) is 5.48. The first-order valence-corrected chi connectivity index (χ1v) is 7.32. The van der Waals surface area contributed by atoms with Gasteiger partial charge in [-0.05, 0) is 50.4 Å². The number of hydrogen-bond donors (Lipinski definition) is 1. The number of ether oxygens (including phenoxy) is 1. The summed E-state index contributed by atoms with van der Waals surface area (Å²) in [5, 5.41) is 0. The van der Waals surface area contributed by atoms with Crippen LogP contribution in [-0.2, 0) is 0 Å². The van der Waals surface area contributed by atoms with E-state index in [0.29, 0.717) is 12.1 Å². The van der Waals surface area contributed by atoms with E-state index >= 15 is 0 Å². The van der Waals surface area contributed by atoms with Gasteiger partial charge in [-0.2, -0.15) is 0 Å². The van der Waals surface area contributed by atoms with Crippen molar-refractivity contribution in [1.29, 1.82) is 0 Å². The Kier molecular flexibility index (Phi) is 4.83. The smallest absolute Gasteiger partial charge is 0.118 e. The second-order valence-corrected chi connectivity index (χ2v) is 5.48. The Morgan fingerprint density at radius 1 is 1.37 bits per heavy atom. The highest BCUT2D eigenvalue weighted by Crippen LogP contribution is 2.28. The van der Waals surface area contributed by atoms with Crippen molar-refractivity contribution in [3.8, 4) is 5.75 Å². The third kappa shape index (κ3) is 3.10. The van der Waals surface area contributed by atoms with E-state index in [1.807, 2.05) is 12.1 Å². The first-order valence-electron chi connectivity index (χ1n) is 7.32. The Labute approximate surface area is 116 Å². The first-order chi connectivity index (χ1) is 9.17. The van der Waals surface area contributed by atoms with Crippen LogP contribution in [0.2, 0.25) is 0 Å². The third-order valence-electron chi connectivity index (χ3n) is 4.44. The molecule has 1 aliphatic heterocycles. The summed E-state index contributed by atoms with van der Waals surface area (Å²) in [7, 11) is 1.69. The summed E-state index contributed by atoms with van der Waals surface area (Å²) in [4.78, 5) is 2.58. The van der Waals surface area contributed by atoms with Gasteiger partial charge in [-0.1, -0.05) is 19.1 Å². The lowest BCUT2D eigenvalue weighted by Gasteiger charge is -2.34. The number of rotatable bonds is 5. The van der Waals surface area contributed by atoms with Crippen LogP contribution in [0, 0.1) is 0 Å². The van der Waals surface area contributed by atoms with E-state index in [1.54, 1.807) is 7.11 Å². The third-order valence-corrected chi connectivity index (χ3v) is 4.44. The van der Waals surface area contributed by atoms with Crippen LogP contribution in [0.25, 0.3) is 0 Å². The molecule has 3 nitrogen and oxygen atoms in total. The van der Waals surface area contributed by atoms with Crippen LogP contribution in [0.4, 0.5) is 0 Å². The average Bonchev–Trinajstić information content (AvgIpc) is 2.94. The van der Waals surface area contributed by atoms with Gasteiger partial charge in [0.25, 0.3) is 0 Å². The van der Waals surface area contributed by atoms with Crippen LogP contribution in [0.1, 0.15) is 44.7 Å². The van der Waals surface area contributed by atoms with Crippen molar-refractivity contribution >= 4 is 0 Å². The molecule has 1 aromatic carbocycles. The lowest BCUT2D eigenvalue weighted by atomic mass is 9.99. The zero-order chi connectivity index (χ0) is 13.8. The molecule has 2 rings (SSSR count). The summed E-state index contributed by atoms with van der Waals surface area (Å²) >= 11 is 0. The number of nitrogens with zero attached hydrogens (tertiary/aromatic N) is 1. The molecular weight excluding hydrogens is 236 g/mol. The van der Waals surface area contributed by atoms with Gasteiger partial charge in [-0.3, -0.25) is 4.90 Å². The van der Waals surface area contributed by atoms with Crippen LogP contribution >= 0.6 is 0 Å². The summed E-state index contributed by atoms with van der Waals surface area (Å²) < 4.78 is 5.19. The van der Waals surface area contributed by atoms with Gasteiger partial charge in [0, 0.05) is 18.1 Å². The average molecular weight is 262 g/mol. The first kappa shape index (κ1) is 14.4. The van der Waals surface area contributed by atoms with E-state index in [4.69, 9.17) is 10.5 Å². The van der Waals surface area contributed by atoms with Crippen molar-refractivity contribution in [3.63, 3.8) is 0 Å². The molecular formula is C16H26N2O. The molecule has 3 atom stereocenters. The lowest BCUT2D eigenvalue weighted by molar-refractivity contribution is 0.165. The van der Waals surface area contributed by atoms with E-state index in [2.05, 4.69) is 30.9 Å². The molecule has 1 saturated heterocycles. The molecule has 19 heavy (non-hydrogen) atoms. The van der Waals surface area contributed by atoms with Crippen LogP contribution in [0.15, 0.2) is 24.3 Å². The van der Waals surface area contributed by atoms with Gasteiger partial charge in [0.05, 0.1) is 7.11 Å². The molecule has 0 saturated carbocycles. The maximum Gasteiger partial charge on any atom is 0.118 e. The summed E-state index contributed by atoms with van der Waals surface area (Å²) in [6.07, 6.45) is 3.84. The maximum atomic E-state index is 6.44. The Hall–Kier alpha value is -1.06. The molecule has 0 aliphatic carbocycles. The number of likely N-dealkylation sites (tertiary alicyclic amines) is 1. The summed E-state index contributed by atoms with van der Waals surface area (Å²) in [5.41, 5.74) is 7.63. The molecule has 3 heteroatoms. The minimum absolute atomic E-state index is 0.0676. The van der Waals surface area contributed by atoms with Crippen molar-refractivity contribution in [2.75, 3.05) is 13.7 Å². The largest absolute Gasteiger partial charge is 0.497 e. The number of hydrogen-bond acceptors (Lipinski definition) is 3. The Balaban J connectivity index is 2.07. The molecule has 0 amide bonds. The normalized spacial score (nSPS) is 23.3. The van der Waals surface area contributed by atoms with Crippen molar-refractivity contribution in [2.45, 2.75) is 51.2 Å². The number of methoxy groups -OCH3 is 1. The van der Waals surface area contributed by atoms with E-state index in [1.165, 1.54) is 31.4 Å². The molecule has 0 spiro atoms. The van der Waals surface area contributed by atoms with Crippen molar-refractivity contribution in [3.05, 3.63) is 29.8 Å². The van der Waals surface area contributed by atoms with E-state index in [0.717, 1.165) is 5.75 Å². The highest BCUT2D eigenvalue weighted by atomic mass is 16.5. The SMILES string of the molecule is CCC1CCCN1C(C)C(N)c1ccc(OC)cc1. The zero-order valence-corrected chi connectivity index (χ0v) is 12.3. The van der Waals surface area contributed by atoms with Crippen LogP contribution < -0.4 is 10.5 Å². The predicted octanol–water partition coefficient (Wildman–Crippen LogP) is 2.96. The van der Waals surface area contributed by atoms with Gasteiger partial charge < -0.3 is 10.5 Å². The topological polar surface area (TPSA) is 38.5 Å². The van der Waals surface area contributed by atoms with Gasteiger partial charge >= 0.3 is 0 Å². The molecule has 1 fully saturated rings. The second kappa shape index (κ2) is 6.40. The Morgan fingerprint density at radius 3 is 2.63 bits per heavy atom. The minimum Gasteiger partial charge on any atom is -0.497 e. The molecule has 1 aromatic rings. The zero-order valence-electron chi connectivity index (χ0n) is 12.3. The summed E-state index contributed by atoms with van der Waals surface area (Å²) in [6, 6.07) is 9.30.